The molecule has 0 spiro atoms. The van der Waals surface area contributed by atoms with Crippen molar-refractivity contribution in [3.63, 3.8) is 0 Å². The maximum absolute atomic E-state index is 8.91. The minimum absolute atomic E-state index is 0.377. The molecule has 0 saturated heterocycles. The molecule has 0 N–H and O–H groups in total. The van der Waals surface area contributed by atoms with E-state index in [1.165, 1.54) is 0 Å². The van der Waals surface area contributed by atoms with E-state index in [-0.39, 0.29) is 0 Å². The molecule has 0 aliphatic rings. The smallest absolute Gasteiger partial charge is 0.132 e. The van der Waals surface area contributed by atoms with Crippen LogP contribution in [0.25, 0.3) is 0 Å². The number of hydrogen-bond donors (Lipinski definition) is 0. The van der Waals surface area contributed by atoms with Crippen molar-refractivity contribution in [3.8, 4) is 6.07 Å². The number of aromatic nitrogens is 1. The summed E-state index contributed by atoms with van der Waals surface area (Å²) in [4.78, 5) is 6.43. The second-order valence-electron chi connectivity index (χ2n) is 4.20. The van der Waals surface area contributed by atoms with Crippen LogP contribution in [-0.4, -0.2) is 18.1 Å². The summed E-state index contributed by atoms with van der Waals surface area (Å²) >= 11 is 5.91. The standard InChI is InChI=1S/C13H18ClN3/c1-4-10(3)9-17(5-2)13-7-11(8-15)6-12(14)16-13/h6-7,10H,4-5,9H2,1-3H3. The molecule has 0 aromatic carbocycles. The quantitative estimate of drug-likeness (QED) is 0.753. The summed E-state index contributed by atoms with van der Waals surface area (Å²) in [6.07, 6.45) is 1.13. The van der Waals surface area contributed by atoms with Gasteiger partial charge in [0.05, 0.1) is 11.6 Å². The summed E-state index contributed by atoms with van der Waals surface area (Å²) in [7, 11) is 0. The van der Waals surface area contributed by atoms with Gasteiger partial charge in [0, 0.05) is 13.1 Å². The fourth-order valence-corrected chi connectivity index (χ4v) is 1.80. The first-order valence-corrected chi connectivity index (χ1v) is 6.31. The first kappa shape index (κ1) is 13.8. The number of hydrogen-bond acceptors (Lipinski definition) is 3. The molecule has 1 unspecified atom stereocenters. The Bertz CT molecular complexity index is 412. The molecule has 92 valence electrons. The van der Waals surface area contributed by atoms with Crippen LogP contribution in [-0.2, 0) is 0 Å². The fraction of sp³-hybridized carbons (Fsp3) is 0.538. The van der Waals surface area contributed by atoms with Crippen LogP contribution in [0.5, 0.6) is 0 Å². The Morgan fingerprint density at radius 1 is 1.47 bits per heavy atom. The normalized spacial score (nSPS) is 11.9. The molecule has 1 atom stereocenters. The molecule has 4 heteroatoms. The molecule has 0 aliphatic heterocycles. The lowest BCUT2D eigenvalue weighted by molar-refractivity contribution is 0.545. The molecule has 1 aromatic rings. The van der Waals surface area contributed by atoms with Crippen LogP contribution in [0.2, 0.25) is 5.15 Å². The predicted molar refractivity (Wildman–Crippen MR) is 71.3 cm³/mol. The maximum Gasteiger partial charge on any atom is 0.132 e. The van der Waals surface area contributed by atoms with Crippen LogP contribution in [0.15, 0.2) is 12.1 Å². The van der Waals surface area contributed by atoms with Crippen LogP contribution in [0, 0.1) is 17.2 Å². The largest absolute Gasteiger partial charge is 0.357 e. The molecule has 0 saturated carbocycles. The minimum atomic E-state index is 0.377. The van der Waals surface area contributed by atoms with Crippen molar-refractivity contribution in [3.05, 3.63) is 22.8 Å². The van der Waals surface area contributed by atoms with Gasteiger partial charge in [-0.15, -0.1) is 0 Å². The second kappa shape index (κ2) is 6.46. The average molecular weight is 252 g/mol. The van der Waals surface area contributed by atoms with E-state index in [0.717, 1.165) is 25.3 Å². The van der Waals surface area contributed by atoms with Crippen LogP contribution < -0.4 is 4.90 Å². The molecule has 17 heavy (non-hydrogen) atoms. The molecule has 0 amide bonds. The van der Waals surface area contributed by atoms with Crippen LogP contribution in [0.4, 0.5) is 5.82 Å². The predicted octanol–water partition coefficient (Wildman–Crippen LogP) is 3.48. The molecule has 0 aliphatic carbocycles. The van der Waals surface area contributed by atoms with Crippen LogP contribution >= 0.6 is 11.6 Å². The average Bonchev–Trinajstić information content (AvgIpc) is 2.34. The molecular weight excluding hydrogens is 234 g/mol. The Labute approximate surface area is 108 Å². The third-order valence-electron chi connectivity index (χ3n) is 2.84. The van der Waals surface area contributed by atoms with Gasteiger partial charge in [-0.3, -0.25) is 0 Å². The molecule has 1 heterocycles. The zero-order valence-corrected chi connectivity index (χ0v) is 11.3. The molecule has 0 fully saturated rings. The van der Waals surface area contributed by atoms with Crippen molar-refractivity contribution in [1.82, 2.24) is 4.98 Å². The highest BCUT2D eigenvalue weighted by atomic mass is 35.5. The first-order valence-electron chi connectivity index (χ1n) is 5.93. The summed E-state index contributed by atoms with van der Waals surface area (Å²) in [5.41, 5.74) is 0.558. The van der Waals surface area contributed by atoms with Gasteiger partial charge in [0.25, 0.3) is 0 Å². The van der Waals surface area contributed by atoms with E-state index in [2.05, 4.69) is 36.7 Å². The van der Waals surface area contributed by atoms with E-state index < -0.39 is 0 Å². The minimum Gasteiger partial charge on any atom is -0.357 e. The van der Waals surface area contributed by atoms with E-state index in [4.69, 9.17) is 16.9 Å². The second-order valence-corrected chi connectivity index (χ2v) is 4.59. The number of rotatable bonds is 5. The number of pyridine rings is 1. The molecular formula is C13H18ClN3. The number of nitrogens with zero attached hydrogens (tertiary/aromatic N) is 3. The summed E-state index contributed by atoms with van der Waals surface area (Å²) in [6.45, 7) is 8.26. The Hall–Kier alpha value is -1.27. The van der Waals surface area contributed by atoms with Crippen molar-refractivity contribution < 1.29 is 0 Å². The van der Waals surface area contributed by atoms with Crippen molar-refractivity contribution in [2.75, 3.05) is 18.0 Å². The summed E-state index contributed by atoms with van der Waals surface area (Å²) in [6, 6.07) is 5.48. The lowest BCUT2D eigenvalue weighted by Gasteiger charge is -2.25. The SMILES string of the molecule is CCC(C)CN(CC)c1cc(C#N)cc(Cl)n1. The van der Waals surface area contributed by atoms with Gasteiger partial charge in [-0.05, 0) is 25.0 Å². The molecule has 1 rings (SSSR count). The van der Waals surface area contributed by atoms with Gasteiger partial charge in [-0.1, -0.05) is 31.9 Å². The molecule has 1 aromatic heterocycles. The lowest BCUT2D eigenvalue weighted by Crippen LogP contribution is -2.28. The first-order chi connectivity index (χ1) is 8.10. The summed E-state index contributed by atoms with van der Waals surface area (Å²) in [5.74, 6) is 1.39. The number of halogens is 1. The van der Waals surface area contributed by atoms with E-state index >= 15 is 0 Å². The van der Waals surface area contributed by atoms with Crippen molar-refractivity contribution in [2.24, 2.45) is 5.92 Å². The van der Waals surface area contributed by atoms with Crippen molar-refractivity contribution in [1.29, 1.82) is 5.26 Å². The molecule has 0 radical (unpaired) electrons. The summed E-state index contributed by atoms with van der Waals surface area (Å²) < 4.78 is 0. The van der Waals surface area contributed by atoms with Crippen LogP contribution in [0.3, 0.4) is 0 Å². The van der Waals surface area contributed by atoms with Gasteiger partial charge in [0.1, 0.15) is 11.0 Å². The van der Waals surface area contributed by atoms with Crippen molar-refractivity contribution in [2.45, 2.75) is 27.2 Å². The Kier molecular flexibility index (Phi) is 5.24. The molecule has 0 bridgehead atoms. The topological polar surface area (TPSA) is 39.9 Å². The molecule has 3 nitrogen and oxygen atoms in total. The van der Waals surface area contributed by atoms with Gasteiger partial charge in [-0.25, -0.2) is 4.98 Å². The zero-order valence-electron chi connectivity index (χ0n) is 10.6. The monoisotopic (exact) mass is 251 g/mol. The summed E-state index contributed by atoms with van der Waals surface area (Å²) in [5, 5.41) is 9.29. The van der Waals surface area contributed by atoms with Gasteiger partial charge in [0.15, 0.2) is 0 Å². The fourth-order valence-electron chi connectivity index (χ4n) is 1.60. The lowest BCUT2D eigenvalue weighted by atomic mass is 10.1. The Morgan fingerprint density at radius 3 is 2.71 bits per heavy atom. The van der Waals surface area contributed by atoms with Gasteiger partial charge in [0.2, 0.25) is 0 Å². The van der Waals surface area contributed by atoms with Crippen molar-refractivity contribution >= 4 is 17.4 Å². The van der Waals surface area contributed by atoms with E-state index in [9.17, 15) is 0 Å². The highest BCUT2D eigenvalue weighted by Crippen LogP contribution is 2.19. The van der Waals surface area contributed by atoms with E-state index in [1.54, 1.807) is 12.1 Å². The van der Waals surface area contributed by atoms with Gasteiger partial charge < -0.3 is 4.90 Å². The number of anilines is 1. The Balaban J connectivity index is 2.95. The van der Waals surface area contributed by atoms with Gasteiger partial charge >= 0.3 is 0 Å². The van der Waals surface area contributed by atoms with E-state index in [0.29, 0.717) is 16.6 Å². The van der Waals surface area contributed by atoms with E-state index in [1.807, 2.05) is 0 Å². The third-order valence-corrected chi connectivity index (χ3v) is 3.04. The maximum atomic E-state index is 8.91. The highest BCUT2D eigenvalue weighted by Gasteiger charge is 2.11. The highest BCUT2D eigenvalue weighted by molar-refractivity contribution is 6.29. The van der Waals surface area contributed by atoms with Crippen LogP contribution in [0.1, 0.15) is 32.8 Å². The Morgan fingerprint density at radius 2 is 2.18 bits per heavy atom. The number of nitriles is 1. The van der Waals surface area contributed by atoms with Gasteiger partial charge in [-0.2, -0.15) is 5.26 Å². The zero-order chi connectivity index (χ0) is 12.8. The third kappa shape index (κ3) is 3.90.